The summed E-state index contributed by atoms with van der Waals surface area (Å²) in [5.74, 6) is 0. The Morgan fingerprint density at radius 1 is 1.62 bits per heavy atom. The second-order valence-corrected chi connectivity index (χ2v) is 1.35. The molecule has 0 N–H and O–H groups in total. The SMILES string of the molecule is FCc1cccnn1. The summed E-state index contributed by atoms with van der Waals surface area (Å²) in [5.41, 5.74) is 0.382. The molecule has 0 radical (unpaired) electrons. The normalized spacial score (nSPS) is 9.12. The molecule has 1 rings (SSSR count). The highest BCUT2D eigenvalue weighted by atomic mass is 19.1. The highest BCUT2D eigenvalue weighted by Crippen LogP contribution is 1.90. The first kappa shape index (κ1) is 5.15. The van der Waals surface area contributed by atoms with E-state index in [-0.39, 0.29) is 0 Å². The summed E-state index contributed by atoms with van der Waals surface area (Å²) in [5, 5.41) is 6.94. The molecule has 0 spiro atoms. The van der Waals surface area contributed by atoms with Crippen LogP contribution in [0.15, 0.2) is 18.3 Å². The van der Waals surface area contributed by atoms with Gasteiger partial charge in [-0.05, 0) is 12.1 Å². The summed E-state index contributed by atoms with van der Waals surface area (Å²) in [6.07, 6.45) is 1.51. The molecule has 3 heteroatoms. The van der Waals surface area contributed by atoms with Crippen molar-refractivity contribution in [2.75, 3.05) is 0 Å². The maximum absolute atomic E-state index is 11.6. The molecule has 1 aromatic heterocycles. The summed E-state index contributed by atoms with van der Waals surface area (Å²) >= 11 is 0. The maximum Gasteiger partial charge on any atom is 0.133 e. The molecular formula is C5H5FN2. The van der Waals surface area contributed by atoms with Crippen molar-refractivity contribution >= 4 is 0 Å². The minimum Gasteiger partial charge on any atom is -0.244 e. The zero-order chi connectivity index (χ0) is 5.82. The Hall–Kier alpha value is -0.990. The van der Waals surface area contributed by atoms with E-state index in [9.17, 15) is 4.39 Å². The van der Waals surface area contributed by atoms with Crippen LogP contribution in [0.4, 0.5) is 4.39 Å². The number of hydrogen-bond acceptors (Lipinski definition) is 2. The van der Waals surface area contributed by atoms with Gasteiger partial charge in [0, 0.05) is 6.20 Å². The number of alkyl halides is 1. The lowest BCUT2D eigenvalue weighted by atomic mass is 10.4. The number of rotatable bonds is 1. The molecule has 0 saturated heterocycles. The fourth-order valence-corrected chi connectivity index (χ4v) is 0.405. The third kappa shape index (κ3) is 0.992. The Bertz CT molecular complexity index is 152. The van der Waals surface area contributed by atoms with E-state index in [0.29, 0.717) is 5.69 Å². The Kier molecular flexibility index (Phi) is 1.51. The van der Waals surface area contributed by atoms with Gasteiger partial charge in [-0.2, -0.15) is 10.2 Å². The van der Waals surface area contributed by atoms with Crippen molar-refractivity contribution in [3.63, 3.8) is 0 Å². The van der Waals surface area contributed by atoms with Crippen LogP contribution in [0.5, 0.6) is 0 Å². The van der Waals surface area contributed by atoms with Crippen LogP contribution in [-0.2, 0) is 6.67 Å². The predicted octanol–water partition coefficient (Wildman–Crippen LogP) is 0.946. The van der Waals surface area contributed by atoms with Gasteiger partial charge in [-0.3, -0.25) is 0 Å². The van der Waals surface area contributed by atoms with Crippen molar-refractivity contribution < 1.29 is 4.39 Å². The minimum atomic E-state index is -0.534. The third-order valence-electron chi connectivity index (χ3n) is 0.764. The lowest BCUT2D eigenvalue weighted by Gasteiger charge is -1.85. The maximum atomic E-state index is 11.6. The first-order valence-electron chi connectivity index (χ1n) is 2.26. The van der Waals surface area contributed by atoms with Gasteiger partial charge in [0.05, 0.1) is 5.69 Å². The molecule has 0 aromatic carbocycles. The second kappa shape index (κ2) is 2.35. The number of halogens is 1. The molecule has 0 atom stereocenters. The van der Waals surface area contributed by atoms with Crippen molar-refractivity contribution in [1.29, 1.82) is 0 Å². The molecule has 1 aromatic rings. The monoisotopic (exact) mass is 112 g/mol. The molecule has 0 saturated carbocycles. The molecule has 0 amide bonds. The van der Waals surface area contributed by atoms with Gasteiger partial charge in [-0.1, -0.05) is 0 Å². The van der Waals surface area contributed by atoms with Crippen LogP contribution >= 0.6 is 0 Å². The molecule has 8 heavy (non-hydrogen) atoms. The zero-order valence-corrected chi connectivity index (χ0v) is 4.21. The molecule has 0 aliphatic rings. The van der Waals surface area contributed by atoms with Crippen molar-refractivity contribution in [1.82, 2.24) is 10.2 Å². The van der Waals surface area contributed by atoms with Gasteiger partial charge in [-0.25, -0.2) is 4.39 Å². The molecule has 0 unspecified atom stereocenters. The molecule has 0 aliphatic heterocycles. The van der Waals surface area contributed by atoms with E-state index >= 15 is 0 Å². The van der Waals surface area contributed by atoms with E-state index in [1.54, 1.807) is 12.1 Å². The smallest absolute Gasteiger partial charge is 0.133 e. The summed E-state index contributed by atoms with van der Waals surface area (Å²) in [4.78, 5) is 0. The molecule has 1 heterocycles. The molecular weight excluding hydrogens is 107 g/mol. The van der Waals surface area contributed by atoms with Crippen LogP contribution < -0.4 is 0 Å². The van der Waals surface area contributed by atoms with E-state index < -0.39 is 6.67 Å². The Morgan fingerprint density at radius 3 is 2.88 bits per heavy atom. The van der Waals surface area contributed by atoms with Crippen molar-refractivity contribution in [2.24, 2.45) is 0 Å². The quantitative estimate of drug-likeness (QED) is 0.540. The molecule has 42 valence electrons. The third-order valence-corrected chi connectivity index (χ3v) is 0.764. The number of nitrogens with zero attached hydrogens (tertiary/aromatic N) is 2. The van der Waals surface area contributed by atoms with Crippen LogP contribution in [-0.4, -0.2) is 10.2 Å². The highest BCUT2D eigenvalue weighted by Gasteiger charge is 1.86. The van der Waals surface area contributed by atoms with Gasteiger partial charge < -0.3 is 0 Å². The second-order valence-electron chi connectivity index (χ2n) is 1.35. The standard InChI is InChI=1S/C5H5FN2/c6-4-5-2-1-3-7-8-5/h1-3H,4H2. The lowest BCUT2D eigenvalue weighted by Crippen LogP contribution is -1.85. The average Bonchev–Trinajstić information content (AvgIpc) is 1.90. The van der Waals surface area contributed by atoms with Crippen molar-refractivity contribution in [3.05, 3.63) is 24.0 Å². The first-order valence-corrected chi connectivity index (χ1v) is 2.26. The van der Waals surface area contributed by atoms with E-state index in [2.05, 4.69) is 10.2 Å². The van der Waals surface area contributed by atoms with E-state index in [0.717, 1.165) is 0 Å². The van der Waals surface area contributed by atoms with Crippen LogP contribution in [0.3, 0.4) is 0 Å². The van der Waals surface area contributed by atoms with Crippen molar-refractivity contribution in [2.45, 2.75) is 6.67 Å². The van der Waals surface area contributed by atoms with E-state index in [4.69, 9.17) is 0 Å². The van der Waals surface area contributed by atoms with Gasteiger partial charge >= 0.3 is 0 Å². The largest absolute Gasteiger partial charge is 0.244 e. The first-order chi connectivity index (χ1) is 3.93. The number of aromatic nitrogens is 2. The van der Waals surface area contributed by atoms with Crippen molar-refractivity contribution in [3.8, 4) is 0 Å². The molecule has 0 bridgehead atoms. The van der Waals surface area contributed by atoms with Gasteiger partial charge in [0.25, 0.3) is 0 Å². The van der Waals surface area contributed by atoms with Crippen LogP contribution in [0.1, 0.15) is 5.69 Å². The fourth-order valence-electron chi connectivity index (χ4n) is 0.405. The highest BCUT2D eigenvalue weighted by molar-refractivity contribution is 4.96. The van der Waals surface area contributed by atoms with Gasteiger partial charge in [0.2, 0.25) is 0 Å². The van der Waals surface area contributed by atoms with Gasteiger partial charge in [0.1, 0.15) is 6.67 Å². The molecule has 0 aliphatic carbocycles. The summed E-state index contributed by atoms with van der Waals surface area (Å²) in [6, 6.07) is 3.24. The Morgan fingerprint density at radius 2 is 2.50 bits per heavy atom. The lowest BCUT2D eigenvalue weighted by molar-refractivity contribution is 0.472. The minimum absolute atomic E-state index is 0.382. The summed E-state index contributed by atoms with van der Waals surface area (Å²) < 4.78 is 11.6. The van der Waals surface area contributed by atoms with Gasteiger partial charge in [0.15, 0.2) is 0 Å². The van der Waals surface area contributed by atoms with Gasteiger partial charge in [-0.15, -0.1) is 0 Å². The fraction of sp³-hybridized carbons (Fsp3) is 0.200. The average molecular weight is 112 g/mol. The number of hydrogen-bond donors (Lipinski definition) is 0. The van der Waals surface area contributed by atoms with E-state index in [1.165, 1.54) is 6.20 Å². The summed E-state index contributed by atoms with van der Waals surface area (Å²) in [6.45, 7) is -0.534. The van der Waals surface area contributed by atoms with Crippen LogP contribution in [0.2, 0.25) is 0 Å². The topological polar surface area (TPSA) is 25.8 Å². The van der Waals surface area contributed by atoms with Crippen LogP contribution in [0.25, 0.3) is 0 Å². The zero-order valence-electron chi connectivity index (χ0n) is 4.21. The molecule has 0 fully saturated rings. The summed E-state index contributed by atoms with van der Waals surface area (Å²) in [7, 11) is 0. The Balaban J connectivity index is 2.83. The molecule has 2 nitrogen and oxygen atoms in total. The Labute approximate surface area is 46.4 Å². The van der Waals surface area contributed by atoms with E-state index in [1.807, 2.05) is 0 Å². The predicted molar refractivity (Wildman–Crippen MR) is 26.8 cm³/mol. The van der Waals surface area contributed by atoms with Crippen LogP contribution in [0, 0.1) is 0 Å².